The molecule has 1 N–H and O–H groups in total. The van der Waals surface area contributed by atoms with Crippen LogP contribution in [0.4, 0.5) is 8.78 Å². The third-order valence-electron chi connectivity index (χ3n) is 3.22. The van der Waals surface area contributed by atoms with Gasteiger partial charge in [-0.3, -0.25) is 0 Å². The van der Waals surface area contributed by atoms with Gasteiger partial charge in [-0.25, -0.2) is 8.78 Å². The maximum absolute atomic E-state index is 13.9. The summed E-state index contributed by atoms with van der Waals surface area (Å²) in [5, 5.41) is 3.04. The highest BCUT2D eigenvalue weighted by Gasteiger charge is 2.26. The number of nitrogens with one attached hydrogen (secondary N) is 1. The van der Waals surface area contributed by atoms with E-state index in [0.717, 1.165) is 0 Å². The third kappa shape index (κ3) is 3.51. The Morgan fingerprint density at radius 2 is 2.21 bits per heavy atom. The van der Waals surface area contributed by atoms with Crippen LogP contribution in [0, 0.1) is 11.6 Å². The van der Waals surface area contributed by atoms with Gasteiger partial charge in [0.15, 0.2) is 0 Å². The van der Waals surface area contributed by atoms with Crippen molar-refractivity contribution >= 4 is 15.9 Å². The van der Waals surface area contributed by atoms with Crippen molar-refractivity contribution in [3.8, 4) is 0 Å². The number of benzene rings is 1. The summed E-state index contributed by atoms with van der Waals surface area (Å²) in [6, 6.07) is 2.43. The largest absolute Gasteiger partial charge is 0.376 e. The molecule has 1 aromatic carbocycles. The number of hydrogen-bond acceptors (Lipinski definition) is 3. The molecule has 2 atom stereocenters. The van der Waals surface area contributed by atoms with Crippen molar-refractivity contribution in [3.63, 3.8) is 0 Å². The van der Waals surface area contributed by atoms with E-state index in [2.05, 4.69) is 21.2 Å². The lowest BCUT2D eigenvalue weighted by Crippen LogP contribution is -2.46. The molecular formula is C13H16BrF2NO2. The van der Waals surface area contributed by atoms with Crippen molar-refractivity contribution in [2.75, 3.05) is 26.9 Å². The van der Waals surface area contributed by atoms with Crippen LogP contribution in [0.5, 0.6) is 0 Å². The van der Waals surface area contributed by atoms with Crippen LogP contribution in [0.15, 0.2) is 16.6 Å². The molecule has 0 bridgehead atoms. The molecule has 2 rings (SSSR count). The molecule has 1 saturated heterocycles. The smallest absolute Gasteiger partial charge is 0.143 e. The van der Waals surface area contributed by atoms with Crippen LogP contribution in [0.3, 0.4) is 0 Å². The summed E-state index contributed by atoms with van der Waals surface area (Å²) < 4.78 is 38.8. The van der Waals surface area contributed by atoms with Crippen LogP contribution in [-0.2, 0) is 15.9 Å². The zero-order valence-electron chi connectivity index (χ0n) is 10.6. The Kier molecular flexibility index (Phi) is 5.27. The first-order valence-electron chi connectivity index (χ1n) is 6.12. The summed E-state index contributed by atoms with van der Waals surface area (Å²) >= 11 is 3.07. The van der Waals surface area contributed by atoms with E-state index < -0.39 is 11.6 Å². The molecule has 3 nitrogen and oxygen atoms in total. The average molecular weight is 336 g/mol. The topological polar surface area (TPSA) is 30.5 Å². The lowest BCUT2D eigenvalue weighted by molar-refractivity contribution is -0.101. The summed E-state index contributed by atoms with van der Waals surface area (Å²) in [6.07, 6.45) is 0.0123. The van der Waals surface area contributed by atoms with Crippen molar-refractivity contribution in [1.82, 2.24) is 5.32 Å². The fourth-order valence-corrected chi connectivity index (χ4v) is 2.51. The number of ether oxygens (including phenoxy) is 2. The van der Waals surface area contributed by atoms with Gasteiger partial charge in [-0.15, -0.1) is 0 Å². The molecule has 0 aliphatic carbocycles. The van der Waals surface area contributed by atoms with E-state index in [1.54, 1.807) is 7.05 Å². The standard InChI is InChI=1S/C13H16BrF2NO2/c1-17-11(12-7-18-4-5-19-12)6-8-10(15)3-2-9(14)13(8)16/h2-3,11-12,17H,4-7H2,1H3. The molecule has 19 heavy (non-hydrogen) atoms. The van der Waals surface area contributed by atoms with Gasteiger partial charge in [0.2, 0.25) is 0 Å². The van der Waals surface area contributed by atoms with Crippen LogP contribution >= 0.6 is 15.9 Å². The van der Waals surface area contributed by atoms with E-state index >= 15 is 0 Å². The summed E-state index contributed by atoms with van der Waals surface area (Å²) in [5.74, 6) is -1.10. The van der Waals surface area contributed by atoms with Crippen LogP contribution in [-0.4, -0.2) is 39.0 Å². The molecular weight excluding hydrogens is 320 g/mol. The van der Waals surface area contributed by atoms with Crippen LogP contribution in [0.1, 0.15) is 5.56 Å². The Balaban J connectivity index is 2.15. The van der Waals surface area contributed by atoms with Gasteiger partial charge in [-0.05, 0) is 41.5 Å². The number of halogens is 3. The number of likely N-dealkylation sites (N-methyl/N-ethyl adjacent to an activating group) is 1. The first kappa shape index (κ1) is 14.8. The predicted octanol–water partition coefficient (Wildman–Crippen LogP) is 2.27. The third-order valence-corrected chi connectivity index (χ3v) is 3.84. The first-order valence-corrected chi connectivity index (χ1v) is 6.91. The molecule has 2 unspecified atom stereocenters. The highest BCUT2D eigenvalue weighted by atomic mass is 79.9. The van der Waals surface area contributed by atoms with E-state index in [1.807, 2.05) is 0 Å². The molecule has 1 heterocycles. The predicted molar refractivity (Wildman–Crippen MR) is 71.2 cm³/mol. The molecule has 0 saturated carbocycles. The molecule has 6 heteroatoms. The van der Waals surface area contributed by atoms with E-state index in [4.69, 9.17) is 9.47 Å². The summed E-state index contributed by atoms with van der Waals surface area (Å²) in [5.41, 5.74) is 0.0582. The normalized spacial score (nSPS) is 21.4. The fourth-order valence-electron chi connectivity index (χ4n) is 2.13. The second-order valence-electron chi connectivity index (χ2n) is 4.41. The average Bonchev–Trinajstić information content (AvgIpc) is 2.44. The van der Waals surface area contributed by atoms with Gasteiger partial charge in [0.25, 0.3) is 0 Å². The second-order valence-corrected chi connectivity index (χ2v) is 5.26. The molecule has 0 spiro atoms. The Morgan fingerprint density at radius 3 is 2.84 bits per heavy atom. The highest BCUT2D eigenvalue weighted by molar-refractivity contribution is 9.10. The second kappa shape index (κ2) is 6.74. The zero-order chi connectivity index (χ0) is 13.8. The van der Waals surface area contributed by atoms with Crippen LogP contribution < -0.4 is 5.32 Å². The minimum Gasteiger partial charge on any atom is -0.376 e. The molecule has 0 radical (unpaired) electrons. The number of hydrogen-bond donors (Lipinski definition) is 1. The minimum atomic E-state index is -0.558. The molecule has 1 aliphatic rings. The Bertz CT molecular complexity index is 439. The first-order chi connectivity index (χ1) is 9.13. The van der Waals surface area contributed by atoms with Gasteiger partial charge in [-0.2, -0.15) is 0 Å². The van der Waals surface area contributed by atoms with Crippen LogP contribution in [0.25, 0.3) is 0 Å². The molecule has 0 amide bonds. The summed E-state index contributed by atoms with van der Waals surface area (Å²) in [4.78, 5) is 0. The summed E-state index contributed by atoms with van der Waals surface area (Å²) in [7, 11) is 1.75. The maximum atomic E-state index is 13.9. The molecule has 106 valence electrons. The Labute approximate surface area is 119 Å². The van der Waals surface area contributed by atoms with Gasteiger partial charge in [0, 0.05) is 11.6 Å². The van der Waals surface area contributed by atoms with Gasteiger partial charge in [0.05, 0.1) is 30.4 Å². The van der Waals surface area contributed by atoms with Gasteiger partial charge in [0.1, 0.15) is 11.6 Å². The van der Waals surface area contributed by atoms with Crippen molar-refractivity contribution in [1.29, 1.82) is 0 Å². The zero-order valence-corrected chi connectivity index (χ0v) is 12.2. The SMILES string of the molecule is CNC(Cc1c(F)ccc(Br)c1F)C1COCCO1. The Hall–Kier alpha value is -0.560. The Morgan fingerprint density at radius 1 is 1.42 bits per heavy atom. The molecule has 0 aromatic heterocycles. The minimum absolute atomic E-state index is 0.0582. The van der Waals surface area contributed by atoms with Gasteiger partial charge < -0.3 is 14.8 Å². The molecule has 1 fully saturated rings. The van der Waals surface area contributed by atoms with Crippen molar-refractivity contribution in [2.45, 2.75) is 18.6 Å². The monoisotopic (exact) mass is 335 g/mol. The van der Waals surface area contributed by atoms with Crippen LogP contribution in [0.2, 0.25) is 0 Å². The van der Waals surface area contributed by atoms with E-state index in [0.29, 0.717) is 19.8 Å². The van der Waals surface area contributed by atoms with E-state index in [-0.39, 0.29) is 28.6 Å². The fraction of sp³-hybridized carbons (Fsp3) is 0.538. The molecule has 1 aromatic rings. The highest BCUT2D eigenvalue weighted by Crippen LogP contribution is 2.24. The number of rotatable bonds is 4. The quantitative estimate of drug-likeness (QED) is 0.856. The van der Waals surface area contributed by atoms with E-state index in [9.17, 15) is 8.78 Å². The van der Waals surface area contributed by atoms with Crippen molar-refractivity contribution in [3.05, 3.63) is 33.8 Å². The van der Waals surface area contributed by atoms with Crippen molar-refractivity contribution < 1.29 is 18.3 Å². The van der Waals surface area contributed by atoms with Gasteiger partial charge >= 0.3 is 0 Å². The van der Waals surface area contributed by atoms with Crippen molar-refractivity contribution in [2.24, 2.45) is 0 Å². The lowest BCUT2D eigenvalue weighted by atomic mass is 10.0. The van der Waals surface area contributed by atoms with E-state index in [1.165, 1.54) is 12.1 Å². The summed E-state index contributed by atoms with van der Waals surface area (Å²) in [6.45, 7) is 1.50. The maximum Gasteiger partial charge on any atom is 0.143 e. The van der Waals surface area contributed by atoms with Gasteiger partial charge in [-0.1, -0.05) is 0 Å². The lowest BCUT2D eigenvalue weighted by Gasteiger charge is -2.30. The molecule has 1 aliphatic heterocycles.